The van der Waals surface area contributed by atoms with Gasteiger partial charge < -0.3 is 5.32 Å². The summed E-state index contributed by atoms with van der Waals surface area (Å²) < 4.78 is 28.0. The van der Waals surface area contributed by atoms with Crippen molar-refractivity contribution in [2.75, 3.05) is 10.0 Å². The van der Waals surface area contributed by atoms with Gasteiger partial charge in [-0.25, -0.2) is 8.42 Å². The minimum absolute atomic E-state index is 0.0862. The van der Waals surface area contributed by atoms with Crippen molar-refractivity contribution < 1.29 is 13.2 Å². The second-order valence-corrected chi connectivity index (χ2v) is 9.01. The lowest BCUT2D eigenvalue weighted by atomic mass is 10.1. The highest BCUT2D eigenvalue weighted by molar-refractivity contribution is 8.01. The molecule has 5 nitrogen and oxygen atoms in total. The molecule has 0 unspecified atom stereocenters. The highest BCUT2D eigenvalue weighted by Gasteiger charge is 2.27. The van der Waals surface area contributed by atoms with Crippen molar-refractivity contribution >= 4 is 39.1 Å². The number of thioether (sulfide) groups is 1. The molecule has 0 saturated carbocycles. The summed E-state index contributed by atoms with van der Waals surface area (Å²) in [6.07, 6.45) is 0.726. The molecule has 132 valence electrons. The maximum Gasteiger partial charge on any atom is 0.261 e. The number of hydrogen-bond donors (Lipinski definition) is 2. The largest absolute Gasteiger partial charge is 0.324 e. The van der Waals surface area contributed by atoms with Gasteiger partial charge in [0.2, 0.25) is 5.91 Å². The molecular weight excluding hydrogens is 356 g/mol. The van der Waals surface area contributed by atoms with Crippen LogP contribution in [0, 0.1) is 13.8 Å². The fraction of sp³-hybridized carbons (Fsp3) is 0.278. The summed E-state index contributed by atoms with van der Waals surface area (Å²) in [5.41, 5.74) is 3.02. The Labute approximate surface area is 152 Å². The number of amides is 1. The second-order valence-electron chi connectivity index (χ2n) is 6.09. The minimum atomic E-state index is -3.73. The van der Waals surface area contributed by atoms with Gasteiger partial charge in [-0.3, -0.25) is 9.52 Å². The lowest BCUT2D eigenvalue weighted by Gasteiger charge is -2.23. The smallest absolute Gasteiger partial charge is 0.261 e. The third kappa shape index (κ3) is 3.67. The first-order valence-corrected chi connectivity index (χ1v) is 10.4. The summed E-state index contributed by atoms with van der Waals surface area (Å²) in [4.78, 5) is 13.0. The van der Waals surface area contributed by atoms with Crippen molar-refractivity contribution in [1.82, 2.24) is 0 Å². The topological polar surface area (TPSA) is 75.3 Å². The van der Waals surface area contributed by atoms with Crippen LogP contribution in [-0.2, 0) is 14.8 Å². The van der Waals surface area contributed by atoms with Crippen molar-refractivity contribution in [2.45, 2.75) is 42.2 Å². The molecule has 1 atom stereocenters. The van der Waals surface area contributed by atoms with E-state index in [0.29, 0.717) is 11.4 Å². The Bertz CT molecular complexity index is 939. The molecule has 0 spiro atoms. The molecular formula is C18H20N2O3S2. The third-order valence-electron chi connectivity index (χ3n) is 4.08. The standard InChI is InChI=1S/C18H20N2O3S2/c1-4-16-18(21)19-15-10-13(6-8-17(15)24-16)25(22,23)20-14-7-5-11(2)9-12(14)3/h5-10,16,20H,4H2,1-3H3,(H,19,21)/t16-/m0/s1. The normalized spacial score (nSPS) is 16.9. The van der Waals surface area contributed by atoms with E-state index in [1.54, 1.807) is 18.2 Å². The van der Waals surface area contributed by atoms with Crippen molar-refractivity contribution in [3.05, 3.63) is 47.5 Å². The Hall–Kier alpha value is -1.99. The van der Waals surface area contributed by atoms with E-state index >= 15 is 0 Å². The molecule has 1 heterocycles. The predicted octanol–water partition coefficient (Wildman–Crippen LogP) is 3.93. The molecule has 3 rings (SSSR count). The molecule has 0 aromatic heterocycles. The Morgan fingerprint density at radius 2 is 1.92 bits per heavy atom. The highest BCUT2D eigenvalue weighted by atomic mass is 32.2. The van der Waals surface area contributed by atoms with E-state index in [9.17, 15) is 13.2 Å². The molecule has 0 bridgehead atoms. The van der Waals surface area contributed by atoms with Crippen LogP contribution in [0.25, 0.3) is 0 Å². The molecule has 0 saturated heterocycles. The van der Waals surface area contributed by atoms with Crippen LogP contribution in [0.2, 0.25) is 0 Å². The number of fused-ring (bicyclic) bond motifs is 1. The first kappa shape index (κ1) is 17.8. The fourth-order valence-corrected chi connectivity index (χ4v) is 4.88. The monoisotopic (exact) mass is 376 g/mol. The van der Waals surface area contributed by atoms with Crippen LogP contribution in [0.1, 0.15) is 24.5 Å². The van der Waals surface area contributed by atoms with Crippen LogP contribution in [0.4, 0.5) is 11.4 Å². The molecule has 2 N–H and O–H groups in total. The van der Waals surface area contributed by atoms with E-state index in [0.717, 1.165) is 22.4 Å². The second kappa shape index (κ2) is 6.72. The van der Waals surface area contributed by atoms with E-state index in [1.165, 1.54) is 17.8 Å². The first-order chi connectivity index (χ1) is 11.8. The predicted molar refractivity (Wildman–Crippen MR) is 102 cm³/mol. The van der Waals surface area contributed by atoms with Crippen molar-refractivity contribution in [3.8, 4) is 0 Å². The van der Waals surface area contributed by atoms with Gasteiger partial charge in [-0.2, -0.15) is 0 Å². The molecule has 2 aromatic carbocycles. The van der Waals surface area contributed by atoms with Crippen molar-refractivity contribution in [3.63, 3.8) is 0 Å². The number of hydrogen-bond acceptors (Lipinski definition) is 4. The summed E-state index contributed by atoms with van der Waals surface area (Å²) in [6, 6.07) is 10.4. The summed E-state index contributed by atoms with van der Waals surface area (Å²) in [7, 11) is -3.73. The maximum atomic E-state index is 12.7. The Balaban J connectivity index is 1.91. The van der Waals surface area contributed by atoms with Crippen LogP contribution >= 0.6 is 11.8 Å². The van der Waals surface area contributed by atoms with E-state index < -0.39 is 10.0 Å². The quantitative estimate of drug-likeness (QED) is 0.848. The van der Waals surface area contributed by atoms with Gasteiger partial charge in [0.05, 0.1) is 21.5 Å². The lowest BCUT2D eigenvalue weighted by Crippen LogP contribution is -2.28. The van der Waals surface area contributed by atoms with Crippen molar-refractivity contribution in [1.29, 1.82) is 0 Å². The molecule has 7 heteroatoms. The van der Waals surface area contributed by atoms with Gasteiger partial charge in [-0.15, -0.1) is 11.8 Å². The number of nitrogens with one attached hydrogen (secondary N) is 2. The fourth-order valence-electron chi connectivity index (χ4n) is 2.70. The molecule has 1 amide bonds. The number of sulfonamides is 1. The molecule has 1 aliphatic rings. The summed E-state index contributed by atoms with van der Waals surface area (Å²) in [5.74, 6) is -0.0862. The number of aryl methyl sites for hydroxylation is 2. The van der Waals surface area contributed by atoms with Gasteiger partial charge in [-0.1, -0.05) is 24.6 Å². The Kier molecular flexibility index (Phi) is 4.79. The summed E-state index contributed by atoms with van der Waals surface area (Å²) in [5, 5.41) is 2.67. The molecule has 2 aromatic rings. The van der Waals surface area contributed by atoms with Gasteiger partial charge in [0.15, 0.2) is 0 Å². The third-order valence-corrected chi connectivity index (χ3v) is 6.88. The number of rotatable bonds is 4. The lowest BCUT2D eigenvalue weighted by molar-refractivity contribution is -0.115. The first-order valence-electron chi connectivity index (χ1n) is 8.02. The van der Waals surface area contributed by atoms with Crippen LogP contribution < -0.4 is 10.0 Å². The van der Waals surface area contributed by atoms with Gasteiger partial charge in [-0.05, 0) is 50.1 Å². The zero-order chi connectivity index (χ0) is 18.2. The number of carbonyl (C=O) groups is 1. The molecule has 0 fully saturated rings. The zero-order valence-corrected chi connectivity index (χ0v) is 15.9. The van der Waals surface area contributed by atoms with Crippen LogP contribution in [-0.4, -0.2) is 19.6 Å². The van der Waals surface area contributed by atoms with E-state index in [4.69, 9.17) is 0 Å². The molecule has 25 heavy (non-hydrogen) atoms. The van der Waals surface area contributed by atoms with E-state index in [1.807, 2.05) is 32.9 Å². The van der Waals surface area contributed by atoms with Gasteiger partial charge in [0, 0.05) is 4.90 Å². The Morgan fingerprint density at radius 1 is 1.16 bits per heavy atom. The van der Waals surface area contributed by atoms with Crippen LogP contribution in [0.3, 0.4) is 0 Å². The minimum Gasteiger partial charge on any atom is -0.324 e. The van der Waals surface area contributed by atoms with Gasteiger partial charge in [0.1, 0.15) is 0 Å². The Morgan fingerprint density at radius 3 is 2.60 bits per heavy atom. The van der Waals surface area contributed by atoms with Gasteiger partial charge >= 0.3 is 0 Å². The van der Waals surface area contributed by atoms with Crippen LogP contribution in [0.15, 0.2) is 46.2 Å². The average Bonchev–Trinajstić information content (AvgIpc) is 2.56. The molecule has 0 aliphatic carbocycles. The molecule has 1 aliphatic heterocycles. The molecule has 0 radical (unpaired) electrons. The van der Waals surface area contributed by atoms with E-state index in [-0.39, 0.29) is 16.1 Å². The van der Waals surface area contributed by atoms with E-state index in [2.05, 4.69) is 10.0 Å². The van der Waals surface area contributed by atoms with Gasteiger partial charge in [0.25, 0.3) is 10.0 Å². The average molecular weight is 377 g/mol. The number of carbonyl (C=O) groups excluding carboxylic acids is 1. The number of anilines is 2. The van der Waals surface area contributed by atoms with Crippen molar-refractivity contribution in [2.24, 2.45) is 0 Å². The summed E-state index contributed by atoms with van der Waals surface area (Å²) >= 11 is 1.47. The highest BCUT2D eigenvalue weighted by Crippen LogP contribution is 2.38. The maximum absolute atomic E-state index is 12.7. The zero-order valence-electron chi connectivity index (χ0n) is 14.3. The van der Waals surface area contributed by atoms with Crippen LogP contribution in [0.5, 0.6) is 0 Å². The SMILES string of the molecule is CC[C@@H]1Sc2ccc(S(=O)(=O)Nc3ccc(C)cc3C)cc2NC1=O. The summed E-state index contributed by atoms with van der Waals surface area (Å²) in [6.45, 7) is 5.77. The number of benzene rings is 2.